The van der Waals surface area contributed by atoms with Gasteiger partial charge in [-0.05, 0) is 24.3 Å². The lowest BCUT2D eigenvalue weighted by Crippen LogP contribution is -2.06. The second-order valence-electron chi connectivity index (χ2n) is 3.27. The van der Waals surface area contributed by atoms with E-state index < -0.39 is 6.61 Å². The van der Waals surface area contributed by atoms with Crippen LogP contribution in [-0.4, -0.2) is 17.5 Å². The van der Waals surface area contributed by atoms with Crippen molar-refractivity contribution in [2.24, 2.45) is 0 Å². The molecule has 3 nitrogen and oxygen atoms in total. The van der Waals surface area contributed by atoms with E-state index in [0.717, 1.165) is 0 Å². The minimum absolute atomic E-state index is 0.0294. The van der Waals surface area contributed by atoms with Gasteiger partial charge in [-0.15, -0.1) is 0 Å². The summed E-state index contributed by atoms with van der Waals surface area (Å²) in [5.41, 5.74) is 0.773. The Morgan fingerprint density at radius 1 is 1.18 bits per heavy atom. The molecule has 0 saturated carbocycles. The van der Waals surface area contributed by atoms with Crippen molar-refractivity contribution in [3.05, 3.63) is 48.3 Å². The highest BCUT2D eigenvalue weighted by molar-refractivity contribution is 5.74. The Morgan fingerprint density at radius 2 is 1.94 bits per heavy atom. The molecular weight excluding hydrogens is 228 g/mol. The number of para-hydroxylation sites is 2. The lowest BCUT2D eigenvalue weighted by Gasteiger charge is -2.12. The number of nitrogens with zero attached hydrogens (tertiary/aromatic N) is 1. The van der Waals surface area contributed by atoms with E-state index in [2.05, 4.69) is 4.74 Å². The molecule has 1 aromatic carbocycles. The van der Waals surface area contributed by atoms with Crippen LogP contribution in [0.15, 0.2) is 42.6 Å². The molecule has 17 heavy (non-hydrogen) atoms. The number of rotatable bonds is 4. The summed E-state index contributed by atoms with van der Waals surface area (Å²) in [6.45, 7) is -2.90. The number of hydrogen-bond acceptors (Lipinski definition) is 2. The number of alkyl halides is 2. The second kappa shape index (κ2) is 4.78. The lowest BCUT2D eigenvalue weighted by molar-refractivity contribution is -0.0498. The Balaban J connectivity index is 2.48. The molecule has 2 rings (SSSR count). The van der Waals surface area contributed by atoms with Crippen molar-refractivity contribution < 1.29 is 18.3 Å². The van der Waals surface area contributed by atoms with Gasteiger partial charge in [0.25, 0.3) is 0 Å². The molecule has 0 bridgehead atoms. The quantitative estimate of drug-likeness (QED) is 0.765. The highest BCUT2D eigenvalue weighted by atomic mass is 19.3. The minimum atomic E-state index is -2.90. The minimum Gasteiger partial charge on any atom is -0.433 e. The van der Waals surface area contributed by atoms with Gasteiger partial charge in [0.1, 0.15) is 5.75 Å². The van der Waals surface area contributed by atoms with Crippen molar-refractivity contribution in [1.29, 1.82) is 0 Å². The number of aromatic nitrogens is 1. The van der Waals surface area contributed by atoms with Crippen LogP contribution in [0.2, 0.25) is 0 Å². The van der Waals surface area contributed by atoms with Crippen LogP contribution in [-0.2, 0) is 0 Å². The fourth-order valence-electron chi connectivity index (χ4n) is 1.56. The molecule has 88 valence electrons. The zero-order valence-corrected chi connectivity index (χ0v) is 8.72. The van der Waals surface area contributed by atoms with Gasteiger partial charge in [0.2, 0.25) is 0 Å². The summed E-state index contributed by atoms with van der Waals surface area (Å²) in [5.74, 6) is 0.0294. The van der Waals surface area contributed by atoms with Gasteiger partial charge in [-0.2, -0.15) is 8.78 Å². The van der Waals surface area contributed by atoms with Crippen molar-refractivity contribution >= 4 is 6.29 Å². The molecule has 0 spiro atoms. The van der Waals surface area contributed by atoms with Crippen molar-refractivity contribution in [3.63, 3.8) is 0 Å². The fraction of sp³-hybridized carbons (Fsp3) is 0.0833. The van der Waals surface area contributed by atoms with Crippen molar-refractivity contribution in [2.75, 3.05) is 0 Å². The maximum absolute atomic E-state index is 12.2. The Bertz CT molecular complexity index is 523. The molecule has 0 aliphatic heterocycles. The van der Waals surface area contributed by atoms with Crippen molar-refractivity contribution in [3.8, 4) is 11.4 Å². The molecule has 0 unspecified atom stereocenters. The summed E-state index contributed by atoms with van der Waals surface area (Å²) in [5, 5.41) is 0. The number of carbonyl (C=O) groups is 1. The van der Waals surface area contributed by atoms with Gasteiger partial charge in [-0.3, -0.25) is 4.79 Å². The van der Waals surface area contributed by atoms with E-state index in [1.54, 1.807) is 36.5 Å². The van der Waals surface area contributed by atoms with E-state index in [4.69, 9.17) is 0 Å². The summed E-state index contributed by atoms with van der Waals surface area (Å²) < 4.78 is 30.3. The third kappa shape index (κ3) is 2.33. The molecule has 0 N–H and O–H groups in total. The van der Waals surface area contributed by atoms with E-state index in [-0.39, 0.29) is 5.75 Å². The Morgan fingerprint density at radius 3 is 2.65 bits per heavy atom. The third-order valence-corrected chi connectivity index (χ3v) is 2.24. The van der Waals surface area contributed by atoms with Gasteiger partial charge >= 0.3 is 6.61 Å². The van der Waals surface area contributed by atoms with Crippen LogP contribution < -0.4 is 4.74 Å². The maximum Gasteiger partial charge on any atom is 0.387 e. The maximum atomic E-state index is 12.2. The van der Waals surface area contributed by atoms with Crippen LogP contribution in [0.1, 0.15) is 10.5 Å². The van der Waals surface area contributed by atoms with Gasteiger partial charge in [0.05, 0.1) is 11.4 Å². The largest absolute Gasteiger partial charge is 0.433 e. The molecule has 0 atom stereocenters. The average molecular weight is 237 g/mol. The van der Waals surface area contributed by atoms with Gasteiger partial charge < -0.3 is 9.30 Å². The lowest BCUT2D eigenvalue weighted by atomic mass is 10.3. The fourth-order valence-corrected chi connectivity index (χ4v) is 1.56. The Labute approximate surface area is 96.2 Å². The molecule has 5 heteroatoms. The molecule has 2 aromatic rings. The van der Waals surface area contributed by atoms with Crippen LogP contribution in [0.4, 0.5) is 8.78 Å². The first-order valence-corrected chi connectivity index (χ1v) is 4.89. The predicted octanol–water partition coefficient (Wildman–Crippen LogP) is 2.89. The van der Waals surface area contributed by atoms with Crippen molar-refractivity contribution in [2.45, 2.75) is 6.61 Å². The molecule has 0 aliphatic carbocycles. The highest BCUT2D eigenvalue weighted by Crippen LogP contribution is 2.25. The first kappa shape index (κ1) is 11.3. The van der Waals surface area contributed by atoms with Gasteiger partial charge in [0, 0.05) is 6.20 Å². The normalized spacial score (nSPS) is 10.5. The zero-order chi connectivity index (χ0) is 12.3. The molecule has 0 saturated heterocycles. The summed E-state index contributed by atoms with van der Waals surface area (Å²) in [6, 6.07) is 9.55. The van der Waals surface area contributed by atoms with E-state index in [9.17, 15) is 13.6 Å². The van der Waals surface area contributed by atoms with Gasteiger partial charge in [0.15, 0.2) is 6.29 Å². The van der Waals surface area contributed by atoms with Crippen LogP contribution in [0, 0.1) is 0 Å². The first-order valence-electron chi connectivity index (χ1n) is 4.89. The summed E-state index contributed by atoms with van der Waals surface area (Å²) >= 11 is 0. The molecular formula is C12H9F2NO2. The second-order valence-corrected chi connectivity index (χ2v) is 3.27. The van der Waals surface area contributed by atoms with Gasteiger partial charge in [-0.25, -0.2) is 0 Å². The zero-order valence-electron chi connectivity index (χ0n) is 8.72. The molecule has 0 fully saturated rings. The van der Waals surface area contributed by atoms with Gasteiger partial charge in [-0.1, -0.05) is 12.1 Å². The topological polar surface area (TPSA) is 31.2 Å². The summed E-state index contributed by atoms with van der Waals surface area (Å²) in [6.07, 6.45) is 2.26. The third-order valence-electron chi connectivity index (χ3n) is 2.24. The summed E-state index contributed by atoms with van der Waals surface area (Å²) in [4.78, 5) is 10.8. The number of halogens is 2. The molecule has 1 heterocycles. The van der Waals surface area contributed by atoms with Crippen LogP contribution in [0.3, 0.4) is 0 Å². The SMILES string of the molecule is O=Cc1cccn1-c1ccccc1OC(F)F. The van der Waals surface area contributed by atoms with E-state index >= 15 is 0 Å². The Hall–Kier alpha value is -2.17. The first-order chi connectivity index (χ1) is 8.22. The number of aldehydes is 1. The predicted molar refractivity (Wildman–Crippen MR) is 57.8 cm³/mol. The summed E-state index contributed by atoms with van der Waals surface area (Å²) in [7, 11) is 0. The number of hydrogen-bond donors (Lipinski definition) is 0. The monoisotopic (exact) mass is 237 g/mol. The Kier molecular flexibility index (Phi) is 3.18. The average Bonchev–Trinajstić information content (AvgIpc) is 2.77. The van der Waals surface area contributed by atoms with Crippen LogP contribution >= 0.6 is 0 Å². The van der Waals surface area contributed by atoms with Crippen LogP contribution in [0.25, 0.3) is 5.69 Å². The smallest absolute Gasteiger partial charge is 0.387 e. The number of carbonyl (C=O) groups excluding carboxylic acids is 1. The highest BCUT2D eigenvalue weighted by Gasteiger charge is 2.11. The van der Waals surface area contributed by atoms with E-state index in [1.165, 1.54) is 10.6 Å². The molecule has 0 radical (unpaired) electrons. The van der Waals surface area contributed by atoms with Crippen LogP contribution in [0.5, 0.6) is 5.75 Å². The van der Waals surface area contributed by atoms with E-state index in [0.29, 0.717) is 17.7 Å². The standard InChI is InChI=1S/C12H9F2NO2/c13-12(14)17-11-6-2-1-5-10(11)15-7-3-4-9(15)8-16/h1-8,12H. The van der Waals surface area contributed by atoms with Crippen molar-refractivity contribution in [1.82, 2.24) is 4.57 Å². The number of benzene rings is 1. The molecule has 0 aliphatic rings. The number of ether oxygens (including phenoxy) is 1. The van der Waals surface area contributed by atoms with E-state index in [1.807, 2.05) is 0 Å². The molecule has 0 amide bonds. The molecule has 1 aromatic heterocycles.